The summed E-state index contributed by atoms with van der Waals surface area (Å²) < 4.78 is 5.28. The predicted octanol–water partition coefficient (Wildman–Crippen LogP) is 0.214. The van der Waals surface area contributed by atoms with Crippen molar-refractivity contribution in [3.8, 4) is 0 Å². The number of ether oxygens (including phenoxy) is 1. The first-order valence-corrected chi connectivity index (χ1v) is 5.10. The maximum absolute atomic E-state index is 11.6. The van der Waals surface area contributed by atoms with Crippen LogP contribution in [0.5, 0.6) is 0 Å². The highest BCUT2D eigenvalue weighted by Gasteiger charge is 2.09. The van der Waals surface area contributed by atoms with E-state index in [1.807, 2.05) is 13.8 Å². The Morgan fingerprint density at radius 1 is 1.62 bits per heavy atom. The highest BCUT2D eigenvalue weighted by Crippen LogP contribution is 1.97. The van der Waals surface area contributed by atoms with Gasteiger partial charge in [0.2, 0.25) is 0 Å². The fourth-order valence-electron chi connectivity index (χ4n) is 1.16. The minimum atomic E-state index is -0.300. The average Bonchev–Trinajstić information content (AvgIpc) is 2.26. The number of amides is 1. The molecule has 0 aromatic carbocycles. The Bertz CT molecular complexity index is 356. The number of rotatable bonds is 5. The van der Waals surface area contributed by atoms with Crippen LogP contribution in [-0.4, -0.2) is 35.1 Å². The van der Waals surface area contributed by atoms with Gasteiger partial charge in [-0.2, -0.15) is 0 Å². The molecule has 3 N–H and O–H groups in total. The number of hydrogen-bond acceptors (Lipinski definition) is 5. The predicted molar refractivity (Wildman–Crippen MR) is 59.9 cm³/mol. The lowest BCUT2D eigenvalue weighted by Crippen LogP contribution is -2.32. The highest BCUT2D eigenvalue weighted by atomic mass is 16.5. The van der Waals surface area contributed by atoms with Gasteiger partial charge >= 0.3 is 0 Å². The molecule has 0 aliphatic rings. The maximum Gasteiger partial charge on any atom is 0.271 e. The first kappa shape index (κ1) is 12.4. The molecule has 0 saturated carbocycles. The third-order valence-electron chi connectivity index (χ3n) is 1.89. The molecule has 0 spiro atoms. The molecule has 1 heterocycles. The molecule has 16 heavy (non-hydrogen) atoms. The Morgan fingerprint density at radius 3 is 3.00 bits per heavy atom. The molecule has 1 unspecified atom stereocenters. The van der Waals surface area contributed by atoms with Crippen LogP contribution in [-0.2, 0) is 4.74 Å². The van der Waals surface area contributed by atoms with Crippen LogP contribution in [0.3, 0.4) is 0 Å². The van der Waals surface area contributed by atoms with E-state index >= 15 is 0 Å². The van der Waals surface area contributed by atoms with Gasteiger partial charge in [-0.25, -0.2) is 4.98 Å². The van der Waals surface area contributed by atoms with E-state index in [-0.39, 0.29) is 23.5 Å². The molecule has 0 bridgehead atoms. The molecule has 88 valence electrons. The smallest absolute Gasteiger partial charge is 0.271 e. The third kappa shape index (κ3) is 3.82. The van der Waals surface area contributed by atoms with Crippen LogP contribution < -0.4 is 11.1 Å². The van der Waals surface area contributed by atoms with Gasteiger partial charge in [0.05, 0.1) is 18.5 Å². The second-order valence-corrected chi connectivity index (χ2v) is 3.31. The summed E-state index contributed by atoms with van der Waals surface area (Å²) in [4.78, 5) is 19.2. The highest BCUT2D eigenvalue weighted by molar-refractivity contribution is 5.92. The second-order valence-electron chi connectivity index (χ2n) is 3.31. The van der Waals surface area contributed by atoms with Gasteiger partial charge in [-0.15, -0.1) is 0 Å². The van der Waals surface area contributed by atoms with Crippen LogP contribution in [0.2, 0.25) is 0 Å². The minimum Gasteiger partial charge on any atom is -0.382 e. The largest absolute Gasteiger partial charge is 0.382 e. The molecule has 0 aliphatic carbocycles. The van der Waals surface area contributed by atoms with Crippen LogP contribution in [0.4, 0.5) is 5.82 Å². The standard InChI is InChI=1S/C10H16N4O2/c1-3-16-7(2)4-13-10(15)8-5-12-6-9(11)14-8/h5-7H,3-4H2,1-2H3,(H2,11,14)(H,13,15). The zero-order valence-corrected chi connectivity index (χ0v) is 9.43. The Labute approximate surface area is 94.2 Å². The summed E-state index contributed by atoms with van der Waals surface area (Å²) in [6, 6.07) is 0. The molecule has 1 atom stereocenters. The van der Waals surface area contributed by atoms with Crippen molar-refractivity contribution in [1.82, 2.24) is 15.3 Å². The fourth-order valence-corrected chi connectivity index (χ4v) is 1.16. The lowest BCUT2D eigenvalue weighted by molar-refractivity contribution is 0.0693. The van der Waals surface area contributed by atoms with Crippen molar-refractivity contribution in [1.29, 1.82) is 0 Å². The summed E-state index contributed by atoms with van der Waals surface area (Å²) in [6.07, 6.45) is 2.74. The molecule has 1 amide bonds. The van der Waals surface area contributed by atoms with Crippen LogP contribution in [0, 0.1) is 0 Å². The Kier molecular flexibility index (Phi) is 4.65. The quantitative estimate of drug-likeness (QED) is 0.746. The average molecular weight is 224 g/mol. The monoisotopic (exact) mass is 224 g/mol. The van der Waals surface area contributed by atoms with Gasteiger partial charge in [-0.3, -0.25) is 9.78 Å². The molecule has 0 radical (unpaired) electrons. The SMILES string of the molecule is CCOC(C)CNC(=O)c1cncc(N)n1. The van der Waals surface area contributed by atoms with Gasteiger partial charge in [0.1, 0.15) is 11.5 Å². The molecule has 1 rings (SSSR count). The molecule has 1 aromatic rings. The summed E-state index contributed by atoms with van der Waals surface area (Å²) in [7, 11) is 0. The molecule has 6 nitrogen and oxygen atoms in total. The van der Waals surface area contributed by atoms with Gasteiger partial charge in [0.25, 0.3) is 5.91 Å². The summed E-state index contributed by atoms with van der Waals surface area (Å²) in [6.45, 7) is 4.84. The van der Waals surface area contributed by atoms with Crippen LogP contribution in [0.15, 0.2) is 12.4 Å². The van der Waals surface area contributed by atoms with Crippen LogP contribution in [0.1, 0.15) is 24.3 Å². The summed E-state index contributed by atoms with van der Waals surface area (Å²) in [5.74, 6) is -0.0724. The number of anilines is 1. The molecular formula is C10H16N4O2. The van der Waals surface area contributed by atoms with Gasteiger partial charge in [-0.05, 0) is 13.8 Å². The normalized spacial score (nSPS) is 12.1. The number of nitrogen functional groups attached to an aromatic ring is 1. The number of carbonyl (C=O) groups is 1. The van der Waals surface area contributed by atoms with E-state index < -0.39 is 0 Å². The second kappa shape index (κ2) is 6.02. The fraction of sp³-hybridized carbons (Fsp3) is 0.500. The van der Waals surface area contributed by atoms with Crippen molar-refractivity contribution >= 4 is 11.7 Å². The number of nitrogens with two attached hydrogens (primary N) is 1. The van der Waals surface area contributed by atoms with Crippen molar-refractivity contribution in [2.75, 3.05) is 18.9 Å². The van der Waals surface area contributed by atoms with E-state index in [4.69, 9.17) is 10.5 Å². The summed E-state index contributed by atoms with van der Waals surface area (Å²) >= 11 is 0. The van der Waals surface area contributed by atoms with Crippen molar-refractivity contribution in [2.24, 2.45) is 0 Å². The minimum absolute atomic E-state index is 0.0250. The molecule has 1 aromatic heterocycles. The van der Waals surface area contributed by atoms with Crippen molar-refractivity contribution in [3.05, 3.63) is 18.1 Å². The zero-order valence-electron chi connectivity index (χ0n) is 9.43. The van der Waals surface area contributed by atoms with Crippen LogP contribution >= 0.6 is 0 Å². The molecule has 0 saturated heterocycles. The molecule has 0 aliphatic heterocycles. The van der Waals surface area contributed by atoms with E-state index in [1.165, 1.54) is 12.4 Å². The molecule has 6 heteroatoms. The van der Waals surface area contributed by atoms with Crippen LogP contribution in [0.25, 0.3) is 0 Å². The lowest BCUT2D eigenvalue weighted by atomic mass is 10.3. The Morgan fingerprint density at radius 2 is 2.38 bits per heavy atom. The first-order valence-electron chi connectivity index (χ1n) is 5.10. The lowest BCUT2D eigenvalue weighted by Gasteiger charge is -2.12. The number of nitrogens with one attached hydrogen (secondary N) is 1. The number of aromatic nitrogens is 2. The first-order chi connectivity index (χ1) is 7.63. The van der Waals surface area contributed by atoms with E-state index in [1.54, 1.807) is 0 Å². The van der Waals surface area contributed by atoms with E-state index in [0.717, 1.165) is 0 Å². The third-order valence-corrected chi connectivity index (χ3v) is 1.89. The van der Waals surface area contributed by atoms with Gasteiger partial charge < -0.3 is 15.8 Å². The van der Waals surface area contributed by atoms with E-state index in [0.29, 0.717) is 13.2 Å². The topological polar surface area (TPSA) is 90.1 Å². The summed E-state index contributed by atoms with van der Waals surface area (Å²) in [5, 5.41) is 2.69. The Hall–Kier alpha value is -1.69. The maximum atomic E-state index is 11.6. The number of carbonyl (C=O) groups excluding carboxylic acids is 1. The van der Waals surface area contributed by atoms with Crippen molar-refractivity contribution in [3.63, 3.8) is 0 Å². The zero-order chi connectivity index (χ0) is 12.0. The molecule has 0 fully saturated rings. The summed E-state index contributed by atoms with van der Waals surface area (Å²) in [5.41, 5.74) is 5.63. The number of hydrogen-bond donors (Lipinski definition) is 2. The van der Waals surface area contributed by atoms with Gasteiger partial charge in [0, 0.05) is 13.2 Å². The van der Waals surface area contributed by atoms with E-state index in [2.05, 4.69) is 15.3 Å². The Balaban J connectivity index is 2.47. The van der Waals surface area contributed by atoms with Gasteiger partial charge in [-0.1, -0.05) is 0 Å². The molecular weight excluding hydrogens is 208 g/mol. The van der Waals surface area contributed by atoms with E-state index in [9.17, 15) is 4.79 Å². The van der Waals surface area contributed by atoms with Crippen molar-refractivity contribution < 1.29 is 9.53 Å². The van der Waals surface area contributed by atoms with Crippen molar-refractivity contribution in [2.45, 2.75) is 20.0 Å². The number of nitrogens with zero attached hydrogens (tertiary/aromatic N) is 2. The van der Waals surface area contributed by atoms with Gasteiger partial charge in [0.15, 0.2) is 0 Å².